The molecule has 0 aliphatic carbocycles. The van der Waals surface area contributed by atoms with Crippen molar-refractivity contribution < 1.29 is 13.0 Å². The van der Waals surface area contributed by atoms with Crippen LogP contribution in [0.15, 0.2) is 0 Å². The molecule has 0 aromatic rings. The molecule has 0 aliphatic heterocycles. The first-order valence-electron chi connectivity index (χ1n) is 4.31. The molecule has 5 heteroatoms. The third-order valence-electron chi connectivity index (χ3n) is 1.29. The van der Waals surface area contributed by atoms with E-state index in [2.05, 4.69) is 6.11 Å². The Bertz CT molecular complexity index is 196. The van der Waals surface area contributed by atoms with E-state index in [-0.39, 0.29) is 0 Å². The molecule has 3 nitrogen and oxygen atoms in total. The highest BCUT2D eigenvalue weighted by atomic mass is 28.5. The van der Waals surface area contributed by atoms with Gasteiger partial charge in [0, 0.05) is 6.61 Å². The van der Waals surface area contributed by atoms with Crippen LogP contribution in [0.1, 0.15) is 6.92 Å². The van der Waals surface area contributed by atoms with Gasteiger partial charge in [0.05, 0.1) is 6.11 Å². The van der Waals surface area contributed by atoms with Crippen LogP contribution in [0.3, 0.4) is 0 Å². The van der Waals surface area contributed by atoms with Gasteiger partial charge in [0.1, 0.15) is 0 Å². The first kappa shape index (κ1) is 12.7. The summed E-state index contributed by atoms with van der Waals surface area (Å²) in [4.78, 5) is 0. The van der Waals surface area contributed by atoms with Crippen LogP contribution in [0.25, 0.3) is 0 Å². The van der Waals surface area contributed by atoms with E-state index in [1.54, 1.807) is 0 Å². The van der Waals surface area contributed by atoms with E-state index in [0.29, 0.717) is 6.61 Å². The highest BCUT2D eigenvalue weighted by Crippen LogP contribution is 2.15. The maximum atomic E-state index is 5.80. The monoisotopic (exact) mass is 218 g/mol. The van der Waals surface area contributed by atoms with Gasteiger partial charge in [0.25, 0.3) is 0 Å². The Morgan fingerprint density at radius 2 is 1.69 bits per heavy atom. The molecule has 0 saturated carbocycles. The van der Waals surface area contributed by atoms with Gasteiger partial charge in [0.15, 0.2) is 0 Å². The number of hydrogen-bond donors (Lipinski definition) is 0. The van der Waals surface area contributed by atoms with Crippen molar-refractivity contribution in [3.63, 3.8) is 0 Å². The lowest BCUT2D eigenvalue weighted by atomic mass is 10.9. The minimum atomic E-state index is -2.18. The molecule has 0 amide bonds. The van der Waals surface area contributed by atoms with Crippen LogP contribution in [-0.4, -0.2) is 23.7 Å². The van der Waals surface area contributed by atoms with Gasteiger partial charge in [0.2, 0.25) is 0 Å². The molecular weight excluding hydrogens is 200 g/mol. The summed E-state index contributed by atoms with van der Waals surface area (Å²) in [7, 11) is -4.21. The lowest BCUT2D eigenvalue weighted by molar-refractivity contribution is 0.239. The fourth-order valence-electron chi connectivity index (χ4n) is 1.13. The molecule has 0 aromatic carbocycles. The van der Waals surface area contributed by atoms with Crippen molar-refractivity contribution in [2.75, 3.05) is 6.61 Å². The van der Waals surface area contributed by atoms with Crippen LogP contribution in [-0.2, 0) is 13.0 Å². The molecule has 76 valence electrons. The van der Waals surface area contributed by atoms with Gasteiger partial charge < -0.3 is 13.0 Å². The molecule has 0 unspecified atom stereocenters. The molecule has 0 heterocycles. The molecule has 0 radical (unpaired) electrons. The summed E-state index contributed by atoms with van der Waals surface area (Å²) in [5.41, 5.74) is 0. The Kier molecular flexibility index (Phi) is 4.71. The molecule has 0 fully saturated rings. The first-order chi connectivity index (χ1) is 5.83. The third-order valence-corrected chi connectivity index (χ3v) is 6.81. The van der Waals surface area contributed by atoms with Crippen LogP contribution < -0.4 is 0 Å². The highest BCUT2D eigenvalue weighted by Gasteiger charge is 2.37. The van der Waals surface area contributed by atoms with Crippen molar-refractivity contribution in [3.05, 3.63) is 0 Å². The first-order valence-corrected chi connectivity index (χ1v) is 9.94. The quantitative estimate of drug-likeness (QED) is 0.522. The zero-order valence-electron chi connectivity index (χ0n) is 9.01. The van der Waals surface area contributed by atoms with Crippen molar-refractivity contribution in [3.8, 4) is 12.5 Å². The normalized spacial score (nSPS) is 12.3. The van der Waals surface area contributed by atoms with E-state index in [1.807, 2.05) is 33.1 Å². The van der Waals surface area contributed by atoms with Crippen LogP contribution in [0, 0.1) is 12.5 Å². The minimum Gasteiger partial charge on any atom is -0.474 e. The molecule has 0 N–H and O–H groups in total. The standard InChI is InChI=1S/C8H18O3Si2/c1-7-9-12(3,4)11-13(5,6)10-8-2/h1H,8H2,2-6H3. The summed E-state index contributed by atoms with van der Waals surface area (Å²) in [6.07, 6.45) is 7.24. The summed E-state index contributed by atoms with van der Waals surface area (Å²) in [6.45, 7) is 10.4. The smallest absolute Gasteiger partial charge is 0.394 e. The summed E-state index contributed by atoms with van der Waals surface area (Å²) in [5, 5.41) is 0. The average Bonchev–Trinajstić information content (AvgIpc) is 1.82. The topological polar surface area (TPSA) is 27.7 Å². The predicted octanol–water partition coefficient (Wildman–Crippen LogP) is 2.05. The van der Waals surface area contributed by atoms with E-state index < -0.39 is 17.1 Å². The lowest BCUT2D eigenvalue weighted by Gasteiger charge is -2.30. The van der Waals surface area contributed by atoms with E-state index in [4.69, 9.17) is 19.4 Å². The minimum absolute atomic E-state index is 0.666. The second-order valence-corrected chi connectivity index (χ2v) is 10.5. The van der Waals surface area contributed by atoms with Crippen molar-refractivity contribution in [2.24, 2.45) is 0 Å². The van der Waals surface area contributed by atoms with Crippen molar-refractivity contribution in [2.45, 2.75) is 33.1 Å². The fourth-order valence-corrected chi connectivity index (χ4v) is 7.25. The maximum Gasteiger partial charge on any atom is 0.394 e. The van der Waals surface area contributed by atoms with E-state index >= 15 is 0 Å². The zero-order valence-corrected chi connectivity index (χ0v) is 11.0. The van der Waals surface area contributed by atoms with Crippen LogP contribution >= 0.6 is 0 Å². The molecule has 0 spiro atoms. The molecule has 0 aromatic heterocycles. The summed E-state index contributed by atoms with van der Waals surface area (Å²) >= 11 is 0. The SMILES string of the molecule is C#CO[Si](C)(C)O[Si](C)(C)OCC. The second-order valence-electron chi connectivity index (χ2n) is 3.55. The molecule has 0 bridgehead atoms. The number of hydrogen-bond acceptors (Lipinski definition) is 3. The number of terminal acetylenes is 1. The van der Waals surface area contributed by atoms with Gasteiger partial charge in [-0.15, -0.1) is 0 Å². The van der Waals surface area contributed by atoms with Crippen LogP contribution in [0.5, 0.6) is 0 Å². The van der Waals surface area contributed by atoms with Crippen LogP contribution in [0.4, 0.5) is 0 Å². The Labute approximate surface area is 82.9 Å². The van der Waals surface area contributed by atoms with Gasteiger partial charge in [-0.1, -0.05) is 6.42 Å². The maximum absolute atomic E-state index is 5.80. The second kappa shape index (κ2) is 4.81. The highest BCUT2D eigenvalue weighted by molar-refractivity contribution is 6.78. The third kappa shape index (κ3) is 5.88. The molecule has 0 aliphatic rings. The molecule has 0 rings (SSSR count). The van der Waals surface area contributed by atoms with Gasteiger partial charge >= 0.3 is 17.1 Å². The van der Waals surface area contributed by atoms with Crippen LogP contribution in [0.2, 0.25) is 26.2 Å². The van der Waals surface area contributed by atoms with Crippen molar-refractivity contribution in [1.29, 1.82) is 0 Å². The largest absolute Gasteiger partial charge is 0.474 e. The zero-order chi connectivity index (χ0) is 10.5. The summed E-state index contributed by atoms with van der Waals surface area (Å²) in [6, 6.07) is 0. The molecular formula is C8H18O3Si2. The fraction of sp³-hybridized carbons (Fsp3) is 0.750. The predicted molar refractivity (Wildman–Crippen MR) is 57.6 cm³/mol. The van der Waals surface area contributed by atoms with E-state index in [0.717, 1.165) is 0 Å². The Morgan fingerprint density at radius 1 is 1.15 bits per heavy atom. The Balaban J connectivity index is 4.17. The van der Waals surface area contributed by atoms with Gasteiger partial charge in [-0.2, -0.15) is 0 Å². The van der Waals surface area contributed by atoms with E-state index in [9.17, 15) is 0 Å². The van der Waals surface area contributed by atoms with Gasteiger partial charge in [-0.05, 0) is 33.1 Å². The molecule has 13 heavy (non-hydrogen) atoms. The summed E-state index contributed by atoms with van der Waals surface area (Å²) < 4.78 is 16.4. The number of rotatable bonds is 5. The average molecular weight is 218 g/mol. The Hall–Kier alpha value is -0.286. The van der Waals surface area contributed by atoms with Crippen molar-refractivity contribution >= 4 is 17.1 Å². The van der Waals surface area contributed by atoms with Gasteiger partial charge in [-0.25, -0.2) is 0 Å². The van der Waals surface area contributed by atoms with E-state index in [1.165, 1.54) is 0 Å². The molecule has 0 saturated heterocycles. The van der Waals surface area contributed by atoms with Gasteiger partial charge in [-0.3, -0.25) is 0 Å². The lowest BCUT2D eigenvalue weighted by Crippen LogP contribution is -2.47. The summed E-state index contributed by atoms with van der Waals surface area (Å²) in [5.74, 6) is 0. The molecule has 0 atom stereocenters. The Morgan fingerprint density at radius 3 is 2.08 bits per heavy atom. The van der Waals surface area contributed by atoms with Crippen molar-refractivity contribution in [1.82, 2.24) is 0 Å².